The van der Waals surface area contributed by atoms with E-state index in [9.17, 15) is 4.79 Å². The zero-order valence-electron chi connectivity index (χ0n) is 19.6. The highest BCUT2D eigenvalue weighted by molar-refractivity contribution is 7.98. The minimum Gasteiger partial charge on any atom is -0.348 e. The summed E-state index contributed by atoms with van der Waals surface area (Å²) < 4.78 is 5.17. The zero-order chi connectivity index (χ0) is 23.2. The predicted molar refractivity (Wildman–Crippen MR) is 131 cm³/mol. The van der Waals surface area contributed by atoms with Crippen molar-refractivity contribution in [2.75, 3.05) is 13.1 Å². The summed E-state index contributed by atoms with van der Waals surface area (Å²) in [4.78, 5) is 20.5. The molecule has 1 aromatic heterocycles. The molecule has 1 saturated heterocycles. The maximum Gasteiger partial charge on any atom is 0.252 e. The van der Waals surface area contributed by atoms with Crippen LogP contribution >= 0.6 is 11.8 Å². The largest absolute Gasteiger partial charge is 0.348 e. The van der Waals surface area contributed by atoms with Gasteiger partial charge in [0.25, 0.3) is 5.91 Å². The molecule has 3 aromatic rings. The van der Waals surface area contributed by atoms with Crippen LogP contribution in [0.2, 0.25) is 0 Å². The Morgan fingerprint density at radius 1 is 1.09 bits per heavy atom. The molecular formula is C26H32N4O2S. The van der Waals surface area contributed by atoms with E-state index in [1.54, 1.807) is 6.92 Å². The molecule has 1 aliphatic heterocycles. The highest BCUT2D eigenvalue weighted by Gasteiger charge is 2.21. The van der Waals surface area contributed by atoms with Crippen molar-refractivity contribution in [3.05, 3.63) is 76.9 Å². The van der Waals surface area contributed by atoms with Crippen LogP contribution in [0, 0.1) is 18.8 Å². The number of piperidine rings is 1. The van der Waals surface area contributed by atoms with E-state index in [2.05, 4.69) is 58.5 Å². The molecule has 0 aliphatic carbocycles. The average Bonchev–Trinajstić information content (AvgIpc) is 3.21. The fraction of sp³-hybridized carbons (Fsp3) is 0.423. The minimum atomic E-state index is -0.0832. The van der Waals surface area contributed by atoms with E-state index in [0.717, 1.165) is 28.8 Å². The molecule has 1 amide bonds. The second kappa shape index (κ2) is 11.0. The Hall–Kier alpha value is -2.64. The molecule has 7 heteroatoms. The first-order chi connectivity index (χ1) is 16.0. The van der Waals surface area contributed by atoms with Crippen molar-refractivity contribution in [3.63, 3.8) is 0 Å². The minimum absolute atomic E-state index is 0.0832. The molecule has 0 radical (unpaired) electrons. The van der Waals surface area contributed by atoms with Gasteiger partial charge in [0, 0.05) is 31.1 Å². The van der Waals surface area contributed by atoms with Crippen LogP contribution in [0.15, 0.2) is 57.9 Å². The molecule has 0 bridgehead atoms. The summed E-state index contributed by atoms with van der Waals surface area (Å²) in [6.45, 7) is 10.3. The lowest BCUT2D eigenvalue weighted by Gasteiger charge is -2.35. The van der Waals surface area contributed by atoms with Gasteiger partial charge in [-0.05, 0) is 48.4 Å². The molecule has 33 heavy (non-hydrogen) atoms. The number of aromatic nitrogens is 2. The summed E-state index contributed by atoms with van der Waals surface area (Å²) in [6.07, 6.45) is 1.33. The van der Waals surface area contributed by atoms with Crippen molar-refractivity contribution in [2.24, 2.45) is 11.8 Å². The Balaban J connectivity index is 1.30. The van der Waals surface area contributed by atoms with Crippen LogP contribution in [0.25, 0.3) is 0 Å². The molecule has 0 unspecified atom stereocenters. The molecule has 1 aliphatic rings. The zero-order valence-corrected chi connectivity index (χ0v) is 20.4. The number of hydrogen-bond donors (Lipinski definition) is 1. The fourth-order valence-electron chi connectivity index (χ4n) is 4.54. The average molecular weight is 465 g/mol. The first kappa shape index (κ1) is 23.5. The third-order valence-electron chi connectivity index (χ3n) is 5.88. The van der Waals surface area contributed by atoms with E-state index in [4.69, 9.17) is 4.52 Å². The standard InChI is InChI=1S/C26H32N4O2S/c1-18-12-19(2)15-30(14-18)16-22-10-8-21(9-11-22)13-27-26(31)23-6-4-5-7-24(23)33-17-25-28-20(3)29-32-25/h4-11,18-19H,12-17H2,1-3H3,(H,27,31)/t18-,19+. The number of nitrogens with zero attached hydrogens (tertiary/aromatic N) is 3. The number of thioether (sulfide) groups is 1. The monoisotopic (exact) mass is 464 g/mol. The third-order valence-corrected chi connectivity index (χ3v) is 6.94. The molecule has 2 heterocycles. The Labute approximate surface area is 200 Å². The number of likely N-dealkylation sites (tertiary alicyclic amines) is 1. The molecule has 0 spiro atoms. The van der Waals surface area contributed by atoms with Gasteiger partial charge in [0.05, 0.1) is 11.3 Å². The molecule has 4 rings (SSSR count). The summed E-state index contributed by atoms with van der Waals surface area (Å²) in [7, 11) is 0. The molecule has 174 valence electrons. The van der Waals surface area contributed by atoms with E-state index in [1.807, 2.05) is 24.3 Å². The number of benzene rings is 2. The maximum atomic E-state index is 12.9. The summed E-state index contributed by atoms with van der Waals surface area (Å²) in [5, 5.41) is 6.87. The lowest BCUT2D eigenvalue weighted by molar-refractivity contribution is 0.0948. The van der Waals surface area contributed by atoms with Crippen LogP contribution in [0.1, 0.15) is 53.5 Å². The van der Waals surface area contributed by atoms with Gasteiger partial charge in [-0.15, -0.1) is 11.8 Å². The number of carbonyl (C=O) groups is 1. The van der Waals surface area contributed by atoms with E-state index in [-0.39, 0.29) is 5.91 Å². The maximum absolute atomic E-state index is 12.9. The lowest BCUT2D eigenvalue weighted by atomic mass is 9.91. The summed E-state index contributed by atoms with van der Waals surface area (Å²) in [5.74, 6) is 3.14. The topological polar surface area (TPSA) is 71.3 Å². The SMILES string of the molecule is Cc1noc(CSc2ccccc2C(=O)NCc2ccc(CN3C[C@H](C)C[C@H](C)C3)cc2)n1. The first-order valence-corrected chi connectivity index (χ1v) is 12.5. The van der Waals surface area contributed by atoms with E-state index in [0.29, 0.717) is 29.6 Å². The molecule has 1 N–H and O–H groups in total. The molecule has 0 saturated carbocycles. The summed E-state index contributed by atoms with van der Waals surface area (Å²) in [5.41, 5.74) is 3.08. The number of aryl methyl sites for hydroxylation is 1. The van der Waals surface area contributed by atoms with Crippen molar-refractivity contribution in [1.29, 1.82) is 0 Å². The number of rotatable bonds is 8. The molecular weight excluding hydrogens is 432 g/mol. The van der Waals surface area contributed by atoms with Crippen molar-refractivity contribution >= 4 is 17.7 Å². The van der Waals surface area contributed by atoms with Gasteiger partial charge in [-0.3, -0.25) is 9.69 Å². The van der Waals surface area contributed by atoms with Crippen molar-refractivity contribution < 1.29 is 9.32 Å². The quantitative estimate of drug-likeness (QED) is 0.469. The number of amides is 1. The normalized spacial score (nSPS) is 18.9. The van der Waals surface area contributed by atoms with E-state index in [1.165, 1.54) is 36.8 Å². The predicted octanol–water partition coefficient (Wildman–Crippen LogP) is 5.08. The summed E-state index contributed by atoms with van der Waals surface area (Å²) in [6, 6.07) is 16.2. The van der Waals surface area contributed by atoms with Crippen LogP contribution in [-0.4, -0.2) is 34.0 Å². The third kappa shape index (κ3) is 6.68. The molecule has 6 nitrogen and oxygen atoms in total. The highest BCUT2D eigenvalue weighted by atomic mass is 32.2. The number of nitrogens with one attached hydrogen (secondary N) is 1. The van der Waals surface area contributed by atoms with Crippen LogP contribution in [0.4, 0.5) is 0 Å². The van der Waals surface area contributed by atoms with Crippen molar-refractivity contribution in [2.45, 2.75) is 50.9 Å². The van der Waals surface area contributed by atoms with Crippen LogP contribution in [0.3, 0.4) is 0 Å². The van der Waals surface area contributed by atoms with Gasteiger partial charge >= 0.3 is 0 Å². The van der Waals surface area contributed by atoms with Gasteiger partial charge < -0.3 is 9.84 Å². The van der Waals surface area contributed by atoms with Gasteiger partial charge in [0.1, 0.15) is 0 Å². The smallest absolute Gasteiger partial charge is 0.252 e. The van der Waals surface area contributed by atoms with Crippen LogP contribution in [-0.2, 0) is 18.8 Å². The van der Waals surface area contributed by atoms with Gasteiger partial charge in [-0.2, -0.15) is 4.98 Å². The Morgan fingerprint density at radius 2 is 1.79 bits per heavy atom. The van der Waals surface area contributed by atoms with Gasteiger partial charge in [0.15, 0.2) is 5.82 Å². The highest BCUT2D eigenvalue weighted by Crippen LogP contribution is 2.26. The van der Waals surface area contributed by atoms with Crippen molar-refractivity contribution in [3.8, 4) is 0 Å². The van der Waals surface area contributed by atoms with E-state index >= 15 is 0 Å². The lowest BCUT2D eigenvalue weighted by Crippen LogP contribution is -2.38. The Kier molecular flexibility index (Phi) is 7.83. The van der Waals surface area contributed by atoms with E-state index < -0.39 is 0 Å². The summed E-state index contributed by atoms with van der Waals surface area (Å²) >= 11 is 1.52. The molecule has 1 fully saturated rings. The first-order valence-electron chi connectivity index (χ1n) is 11.6. The van der Waals surface area contributed by atoms with Gasteiger partial charge in [-0.25, -0.2) is 0 Å². The second-order valence-corrected chi connectivity index (χ2v) is 10.2. The fourth-order valence-corrected chi connectivity index (χ4v) is 5.42. The Bertz CT molecular complexity index is 1060. The van der Waals surface area contributed by atoms with Crippen LogP contribution in [0.5, 0.6) is 0 Å². The molecule has 2 atom stereocenters. The number of carbonyl (C=O) groups excluding carboxylic acids is 1. The van der Waals surface area contributed by atoms with Gasteiger partial charge in [-0.1, -0.05) is 55.4 Å². The second-order valence-electron chi connectivity index (χ2n) is 9.16. The Morgan fingerprint density at radius 3 is 2.48 bits per heavy atom. The molecule has 2 aromatic carbocycles. The van der Waals surface area contributed by atoms with Crippen molar-refractivity contribution in [1.82, 2.24) is 20.4 Å². The van der Waals surface area contributed by atoms with Crippen LogP contribution < -0.4 is 5.32 Å². The number of hydrogen-bond acceptors (Lipinski definition) is 6. The van der Waals surface area contributed by atoms with Gasteiger partial charge in [0.2, 0.25) is 5.89 Å².